The standard InChI is InChI=1S/C18H26N4O3S2/c1-18(2,3)16-19-13-10-14(25-5)12(11-15(13)26-16)20-17(23)27-21-6-8-22(4,24)9-7-21/h10-11H,6-9H2,1-5H3,(H,20,23). The van der Waals surface area contributed by atoms with Crippen LogP contribution in [0.4, 0.5) is 10.5 Å². The van der Waals surface area contributed by atoms with Crippen molar-refractivity contribution in [1.82, 2.24) is 9.29 Å². The number of rotatable bonds is 3. The molecule has 27 heavy (non-hydrogen) atoms. The number of thiazole rings is 1. The number of nitrogens with one attached hydrogen (secondary N) is 1. The normalized spacial score (nSPS) is 17.9. The van der Waals surface area contributed by atoms with E-state index in [2.05, 4.69) is 26.1 Å². The van der Waals surface area contributed by atoms with Crippen LogP contribution in [0.5, 0.6) is 5.75 Å². The molecule has 1 aromatic carbocycles. The van der Waals surface area contributed by atoms with Crippen LogP contribution in [-0.4, -0.2) is 59.5 Å². The third kappa shape index (κ3) is 4.91. The van der Waals surface area contributed by atoms with Crippen molar-refractivity contribution >= 4 is 44.4 Å². The Bertz CT molecular complexity index is 835. The first-order valence-electron chi connectivity index (χ1n) is 8.86. The predicted octanol–water partition coefficient (Wildman–Crippen LogP) is 4.04. The number of carbonyl (C=O) groups is 1. The van der Waals surface area contributed by atoms with Crippen molar-refractivity contribution in [3.63, 3.8) is 0 Å². The highest BCUT2D eigenvalue weighted by atomic mass is 32.2. The molecule has 1 saturated heterocycles. The molecule has 9 heteroatoms. The minimum atomic E-state index is -0.245. The maximum absolute atomic E-state index is 12.5. The maximum Gasteiger partial charge on any atom is 0.298 e. The Hall–Kier alpha value is -1.39. The van der Waals surface area contributed by atoms with E-state index >= 15 is 0 Å². The molecule has 2 aromatic rings. The number of fused-ring (bicyclic) bond motifs is 1. The lowest BCUT2D eigenvalue weighted by molar-refractivity contribution is -0.864. The third-order valence-electron chi connectivity index (χ3n) is 4.44. The first-order chi connectivity index (χ1) is 12.6. The van der Waals surface area contributed by atoms with Crippen molar-refractivity contribution in [1.29, 1.82) is 0 Å². The van der Waals surface area contributed by atoms with E-state index in [1.54, 1.807) is 25.5 Å². The number of likely N-dealkylation sites (N-methyl/N-ethyl adjacent to an activating group) is 1. The van der Waals surface area contributed by atoms with Crippen LogP contribution in [-0.2, 0) is 5.41 Å². The average Bonchev–Trinajstić information content (AvgIpc) is 2.99. The van der Waals surface area contributed by atoms with Crippen molar-refractivity contribution in [3.8, 4) is 5.75 Å². The van der Waals surface area contributed by atoms with E-state index in [4.69, 9.17) is 9.72 Å². The van der Waals surface area contributed by atoms with Crippen LogP contribution in [0.2, 0.25) is 0 Å². The Morgan fingerprint density at radius 3 is 2.63 bits per heavy atom. The summed E-state index contributed by atoms with van der Waals surface area (Å²) < 4.78 is 8.15. The van der Waals surface area contributed by atoms with E-state index in [9.17, 15) is 10.0 Å². The molecule has 7 nitrogen and oxygen atoms in total. The quantitative estimate of drug-likeness (QED) is 0.467. The molecule has 0 aliphatic carbocycles. The van der Waals surface area contributed by atoms with Gasteiger partial charge in [-0.25, -0.2) is 9.29 Å². The smallest absolute Gasteiger partial charge is 0.298 e. The molecule has 1 aliphatic rings. The molecule has 0 atom stereocenters. The van der Waals surface area contributed by atoms with Crippen LogP contribution in [0.15, 0.2) is 12.1 Å². The van der Waals surface area contributed by atoms with Gasteiger partial charge in [0.15, 0.2) is 0 Å². The summed E-state index contributed by atoms with van der Waals surface area (Å²) in [5.74, 6) is 0.588. The lowest BCUT2D eigenvalue weighted by atomic mass is 9.98. The molecule has 1 fully saturated rings. The highest BCUT2D eigenvalue weighted by molar-refractivity contribution is 8.11. The van der Waals surface area contributed by atoms with E-state index < -0.39 is 0 Å². The zero-order valence-corrected chi connectivity index (χ0v) is 18.0. The minimum Gasteiger partial charge on any atom is -0.633 e. The Balaban J connectivity index is 1.74. The molecule has 0 unspecified atom stereocenters. The monoisotopic (exact) mass is 410 g/mol. The highest BCUT2D eigenvalue weighted by Gasteiger charge is 2.25. The van der Waals surface area contributed by atoms with Crippen molar-refractivity contribution in [2.45, 2.75) is 26.2 Å². The molecule has 1 N–H and O–H groups in total. The van der Waals surface area contributed by atoms with Gasteiger partial charge in [0.2, 0.25) is 0 Å². The second-order valence-corrected chi connectivity index (χ2v) is 10.1. The van der Waals surface area contributed by atoms with Gasteiger partial charge in [-0.2, -0.15) is 0 Å². The van der Waals surface area contributed by atoms with E-state index in [1.165, 1.54) is 0 Å². The molecule has 1 amide bonds. The number of piperazine rings is 1. The number of amides is 1. The van der Waals surface area contributed by atoms with Gasteiger partial charge in [0, 0.05) is 23.4 Å². The van der Waals surface area contributed by atoms with Crippen LogP contribution < -0.4 is 10.1 Å². The number of aromatic nitrogens is 1. The Labute approximate surface area is 168 Å². The third-order valence-corrected chi connectivity index (χ3v) is 6.78. The fourth-order valence-electron chi connectivity index (χ4n) is 2.75. The number of hydrogen-bond acceptors (Lipinski definition) is 7. The second kappa shape index (κ2) is 7.56. The van der Waals surface area contributed by atoms with Crippen LogP contribution in [0, 0.1) is 5.21 Å². The average molecular weight is 411 g/mol. The van der Waals surface area contributed by atoms with Crippen molar-refractivity contribution in [3.05, 3.63) is 22.3 Å². The fraction of sp³-hybridized carbons (Fsp3) is 0.556. The van der Waals surface area contributed by atoms with E-state index in [-0.39, 0.29) is 15.3 Å². The SMILES string of the molecule is COc1cc2nc(C(C)(C)C)sc2cc1NC(=O)SN1CC[N+](C)([O-])CC1. The Kier molecular flexibility index (Phi) is 5.69. The van der Waals surface area contributed by atoms with Gasteiger partial charge in [-0.05, 0) is 6.07 Å². The summed E-state index contributed by atoms with van der Waals surface area (Å²) in [4.78, 5) is 17.2. The van der Waals surface area contributed by atoms with E-state index in [0.717, 1.165) is 27.2 Å². The van der Waals surface area contributed by atoms with E-state index in [0.29, 0.717) is 37.6 Å². The number of methoxy groups -OCH3 is 1. The van der Waals surface area contributed by atoms with Gasteiger partial charge in [0.1, 0.15) is 5.75 Å². The van der Waals surface area contributed by atoms with Crippen LogP contribution in [0.1, 0.15) is 25.8 Å². The lowest BCUT2D eigenvalue weighted by Gasteiger charge is -2.44. The Morgan fingerprint density at radius 1 is 1.37 bits per heavy atom. The summed E-state index contributed by atoms with van der Waals surface area (Å²) in [6.45, 7) is 8.57. The zero-order valence-electron chi connectivity index (χ0n) is 16.4. The summed E-state index contributed by atoms with van der Waals surface area (Å²) in [6, 6.07) is 3.78. The number of anilines is 1. The summed E-state index contributed by atoms with van der Waals surface area (Å²) in [7, 11) is 3.25. The fourth-order valence-corrected chi connectivity index (χ4v) is 4.53. The molecule has 0 spiro atoms. The van der Waals surface area contributed by atoms with Gasteiger partial charge in [0.25, 0.3) is 5.24 Å². The van der Waals surface area contributed by atoms with Crippen molar-refractivity contribution in [2.75, 3.05) is 45.7 Å². The molecule has 0 radical (unpaired) electrons. The van der Waals surface area contributed by atoms with Crippen LogP contribution in [0.25, 0.3) is 10.2 Å². The number of hydroxylamine groups is 3. The number of nitrogens with zero attached hydrogens (tertiary/aromatic N) is 3. The number of hydrogen-bond donors (Lipinski definition) is 1. The molecule has 0 bridgehead atoms. The number of carbonyl (C=O) groups excluding carboxylic acids is 1. The molecule has 1 aliphatic heterocycles. The number of ether oxygens (including phenoxy) is 1. The lowest BCUT2D eigenvalue weighted by Crippen LogP contribution is -2.52. The van der Waals surface area contributed by atoms with Gasteiger partial charge >= 0.3 is 0 Å². The molecule has 0 saturated carbocycles. The first-order valence-corrected chi connectivity index (χ1v) is 10.4. The predicted molar refractivity (Wildman–Crippen MR) is 112 cm³/mol. The van der Waals surface area contributed by atoms with Gasteiger partial charge in [-0.1, -0.05) is 20.8 Å². The van der Waals surface area contributed by atoms with E-state index in [1.807, 2.05) is 16.4 Å². The van der Waals surface area contributed by atoms with Crippen LogP contribution >= 0.6 is 23.3 Å². The first kappa shape index (κ1) is 20.3. The summed E-state index contributed by atoms with van der Waals surface area (Å²) in [6.07, 6.45) is 0. The minimum absolute atomic E-state index is 0.0288. The van der Waals surface area contributed by atoms with Crippen LogP contribution in [0.3, 0.4) is 0 Å². The topological polar surface area (TPSA) is 77.5 Å². The summed E-state index contributed by atoms with van der Waals surface area (Å²) >= 11 is 2.74. The number of benzene rings is 1. The Morgan fingerprint density at radius 2 is 2.04 bits per heavy atom. The number of quaternary nitrogens is 1. The van der Waals surface area contributed by atoms with Crippen molar-refractivity contribution < 1.29 is 14.2 Å². The van der Waals surface area contributed by atoms with Gasteiger partial charge in [-0.15, -0.1) is 11.3 Å². The molecule has 148 valence electrons. The summed E-state index contributed by atoms with van der Waals surface area (Å²) in [5.41, 5.74) is 1.47. The summed E-state index contributed by atoms with van der Waals surface area (Å²) in [5, 5.41) is 15.7. The van der Waals surface area contributed by atoms with Gasteiger partial charge in [0.05, 0.1) is 61.2 Å². The van der Waals surface area contributed by atoms with Gasteiger partial charge < -0.3 is 19.9 Å². The largest absolute Gasteiger partial charge is 0.633 e. The zero-order chi connectivity index (χ0) is 19.8. The van der Waals surface area contributed by atoms with Crippen molar-refractivity contribution in [2.24, 2.45) is 0 Å². The molecular formula is C18H26N4O3S2. The molecule has 2 heterocycles. The molecule has 1 aromatic heterocycles. The molecular weight excluding hydrogens is 384 g/mol. The molecule has 3 rings (SSSR count). The maximum atomic E-state index is 12.5. The second-order valence-electron chi connectivity index (χ2n) is 7.97. The van der Waals surface area contributed by atoms with Gasteiger partial charge in [-0.3, -0.25) is 4.79 Å². The highest BCUT2D eigenvalue weighted by Crippen LogP contribution is 2.37.